The van der Waals surface area contributed by atoms with Crippen LogP contribution in [0.2, 0.25) is 0 Å². The van der Waals surface area contributed by atoms with E-state index in [0.29, 0.717) is 34.8 Å². The first-order valence-electron chi connectivity index (χ1n) is 7.45. The van der Waals surface area contributed by atoms with Gasteiger partial charge in [-0.1, -0.05) is 13.0 Å². The fourth-order valence-corrected chi connectivity index (χ4v) is 2.56. The maximum Gasteiger partial charge on any atom is 0.226 e. The van der Waals surface area contributed by atoms with Gasteiger partial charge < -0.3 is 20.7 Å². The fourth-order valence-electron chi connectivity index (χ4n) is 2.56. The molecule has 0 spiro atoms. The van der Waals surface area contributed by atoms with E-state index in [0.717, 1.165) is 0 Å². The number of phenols is 2. The number of hydrogen-bond donors (Lipinski definition) is 3. The predicted molar refractivity (Wildman–Crippen MR) is 90.5 cm³/mol. The van der Waals surface area contributed by atoms with Gasteiger partial charge in [-0.25, -0.2) is 0 Å². The Hall–Kier alpha value is -3.22. The number of nitrogens with two attached hydrogens (primary N) is 1. The van der Waals surface area contributed by atoms with Crippen molar-refractivity contribution < 1.29 is 14.9 Å². The van der Waals surface area contributed by atoms with Crippen LogP contribution in [0.25, 0.3) is 17.1 Å². The highest BCUT2D eigenvalue weighted by Crippen LogP contribution is 2.36. The van der Waals surface area contributed by atoms with Crippen molar-refractivity contribution in [1.82, 2.24) is 14.8 Å². The first-order chi connectivity index (χ1) is 11.5. The number of nitrogens with zero attached hydrogens (tertiary/aromatic N) is 3. The van der Waals surface area contributed by atoms with E-state index in [1.165, 1.54) is 6.07 Å². The molecule has 0 saturated carbocycles. The molecular weight excluding hydrogens is 308 g/mol. The minimum atomic E-state index is -0.0961. The van der Waals surface area contributed by atoms with Crippen LogP contribution in [-0.2, 0) is 6.42 Å². The number of methoxy groups -OCH3 is 1. The third kappa shape index (κ3) is 2.60. The SMILES string of the molecule is CCc1cc(-c2nnc(N)n2-c2cccc(OC)c2)c(O)cc1O. The molecule has 2 aromatic carbocycles. The van der Waals surface area contributed by atoms with Crippen LogP contribution in [0.15, 0.2) is 36.4 Å². The molecule has 24 heavy (non-hydrogen) atoms. The summed E-state index contributed by atoms with van der Waals surface area (Å²) in [6.45, 7) is 1.91. The third-order valence-electron chi connectivity index (χ3n) is 3.82. The number of nitrogen functional groups attached to an aromatic ring is 1. The van der Waals surface area contributed by atoms with Gasteiger partial charge >= 0.3 is 0 Å². The second kappa shape index (κ2) is 6.11. The quantitative estimate of drug-likeness (QED) is 0.680. The van der Waals surface area contributed by atoms with Gasteiger partial charge in [0.2, 0.25) is 5.95 Å². The van der Waals surface area contributed by atoms with E-state index in [9.17, 15) is 10.2 Å². The van der Waals surface area contributed by atoms with Gasteiger partial charge in [-0.15, -0.1) is 10.2 Å². The van der Waals surface area contributed by atoms with Crippen LogP contribution in [0.1, 0.15) is 12.5 Å². The van der Waals surface area contributed by atoms with E-state index in [1.807, 2.05) is 25.1 Å². The molecule has 1 aromatic heterocycles. The average Bonchev–Trinajstić information content (AvgIpc) is 2.96. The minimum absolute atomic E-state index is 0.0409. The molecule has 0 aliphatic heterocycles. The topological polar surface area (TPSA) is 106 Å². The number of aromatic hydroxyl groups is 2. The van der Waals surface area contributed by atoms with E-state index in [4.69, 9.17) is 10.5 Å². The normalized spacial score (nSPS) is 10.8. The molecule has 7 nitrogen and oxygen atoms in total. The molecule has 0 aliphatic carbocycles. The Balaban J connectivity index is 2.21. The van der Waals surface area contributed by atoms with Crippen molar-refractivity contribution in [2.75, 3.05) is 12.8 Å². The molecule has 3 aromatic rings. The zero-order valence-electron chi connectivity index (χ0n) is 13.4. The van der Waals surface area contributed by atoms with Gasteiger partial charge in [-0.2, -0.15) is 0 Å². The standard InChI is InChI=1S/C17H18N4O3/c1-3-10-7-13(15(23)9-14(10)22)16-19-20-17(18)21(16)11-5-4-6-12(8-11)24-2/h4-9,22-23H,3H2,1-2H3,(H2,18,20). The average molecular weight is 326 g/mol. The zero-order chi connectivity index (χ0) is 17.3. The summed E-state index contributed by atoms with van der Waals surface area (Å²) in [5.41, 5.74) is 7.81. The molecule has 1 heterocycles. The van der Waals surface area contributed by atoms with Gasteiger partial charge in [0.25, 0.3) is 0 Å². The van der Waals surface area contributed by atoms with Gasteiger partial charge in [0, 0.05) is 12.1 Å². The molecule has 3 rings (SSSR count). The number of benzene rings is 2. The molecule has 0 unspecified atom stereocenters. The lowest BCUT2D eigenvalue weighted by Gasteiger charge is -2.12. The Morgan fingerprint density at radius 1 is 1.12 bits per heavy atom. The maximum absolute atomic E-state index is 10.2. The van der Waals surface area contributed by atoms with Gasteiger partial charge in [0.15, 0.2) is 5.82 Å². The van der Waals surface area contributed by atoms with Crippen LogP contribution in [-0.4, -0.2) is 32.1 Å². The number of phenolic OH excluding ortho intramolecular Hbond substituents is 2. The number of aromatic nitrogens is 3. The summed E-state index contributed by atoms with van der Waals surface area (Å²) in [6, 6.07) is 10.3. The lowest BCUT2D eigenvalue weighted by Crippen LogP contribution is -2.03. The van der Waals surface area contributed by atoms with Crippen LogP contribution < -0.4 is 10.5 Å². The zero-order valence-corrected chi connectivity index (χ0v) is 13.4. The monoisotopic (exact) mass is 326 g/mol. The van der Waals surface area contributed by atoms with Crippen molar-refractivity contribution in [3.63, 3.8) is 0 Å². The fraction of sp³-hybridized carbons (Fsp3) is 0.176. The molecule has 0 aliphatic rings. The highest BCUT2D eigenvalue weighted by molar-refractivity contribution is 5.70. The summed E-state index contributed by atoms with van der Waals surface area (Å²) >= 11 is 0. The van der Waals surface area contributed by atoms with Crippen molar-refractivity contribution in [3.05, 3.63) is 42.0 Å². The summed E-state index contributed by atoms with van der Waals surface area (Å²) in [6.07, 6.45) is 0.613. The maximum atomic E-state index is 10.2. The van der Waals surface area contributed by atoms with E-state index in [1.54, 1.807) is 23.8 Å². The smallest absolute Gasteiger partial charge is 0.226 e. The molecule has 0 saturated heterocycles. The van der Waals surface area contributed by atoms with Crippen molar-refractivity contribution >= 4 is 5.95 Å². The van der Waals surface area contributed by atoms with Crippen LogP contribution in [0.3, 0.4) is 0 Å². The van der Waals surface area contributed by atoms with Crippen LogP contribution >= 0.6 is 0 Å². The third-order valence-corrected chi connectivity index (χ3v) is 3.82. The summed E-state index contributed by atoms with van der Waals surface area (Å²) in [4.78, 5) is 0. The van der Waals surface area contributed by atoms with Crippen LogP contribution in [0.5, 0.6) is 17.2 Å². The van der Waals surface area contributed by atoms with Gasteiger partial charge in [0.1, 0.15) is 17.2 Å². The van der Waals surface area contributed by atoms with Crippen LogP contribution in [0, 0.1) is 0 Å². The van der Waals surface area contributed by atoms with Crippen molar-refractivity contribution in [3.8, 4) is 34.3 Å². The lowest BCUT2D eigenvalue weighted by atomic mass is 10.1. The van der Waals surface area contributed by atoms with Crippen molar-refractivity contribution in [2.24, 2.45) is 0 Å². The van der Waals surface area contributed by atoms with Gasteiger partial charge in [0.05, 0.1) is 18.4 Å². The number of rotatable bonds is 4. The highest BCUT2D eigenvalue weighted by atomic mass is 16.5. The largest absolute Gasteiger partial charge is 0.508 e. The molecule has 0 radical (unpaired) electrons. The summed E-state index contributed by atoms with van der Waals surface area (Å²) in [5, 5.41) is 28.1. The summed E-state index contributed by atoms with van der Waals surface area (Å²) in [7, 11) is 1.58. The Bertz CT molecular complexity index is 890. The Labute approximate surface area is 139 Å². The first-order valence-corrected chi connectivity index (χ1v) is 7.45. The number of ether oxygens (including phenoxy) is 1. The molecule has 0 atom stereocenters. The molecule has 7 heteroatoms. The second-order valence-corrected chi connectivity index (χ2v) is 5.27. The molecule has 0 amide bonds. The number of aryl methyl sites for hydroxylation is 1. The van der Waals surface area contributed by atoms with E-state index in [2.05, 4.69) is 10.2 Å². The molecule has 124 valence electrons. The van der Waals surface area contributed by atoms with Crippen LogP contribution in [0.4, 0.5) is 5.95 Å². The Morgan fingerprint density at radius 3 is 2.62 bits per heavy atom. The number of hydrogen-bond acceptors (Lipinski definition) is 6. The molecule has 4 N–H and O–H groups in total. The molecule has 0 bridgehead atoms. The van der Waals surface area contributed by atoms with E-state index < -0.39 is 0 Å². The van der Waals surface area contributed by atoms with Gasteiger partial charge in [-0.05, 0) is 30.2 Å². The van der Waals surface area contributed by atoms with Crippen molar-refractivity contribution in [1.29, 1.82) is 0 Å². The molecular formula is C17H18N4O3. The minimum Gasteiger partial charge on any atom is -0.508 e. The molecule has 0 fully saturated rings. The highest BCUT2D eigenvalue weighted by Gasteiger charge is 2.19. The second-order valence-electron chi connectivity index (χ2n) is 5.27. The number of anilines is 1. The Kier molecular flexibility index (Phi) is 3.99. The Morgan fingerprint density at radius 2 is 1.92 bits per heavy atom. The summed E-state index contributed by atoms with van der Waals surface area (Å²) < 4.78 is 6.86. The first kappa shape index (κ1) is 15.7. The van der Waals surface area contributed by atoms with E-state index >= 15 is 0 Å². The predicted octanol–water partition coefficient (Wildman–Crippen LogP) is 2.50. The lowest BCUT2D eigenvalue weighted by molar-refractivity contribution is 0.414. The van der Waals surface area contributed by atoms with E-state index in [-0.39, 0.29) is 17.4 Å². The summed E-state index contributed by atoms with van der Waals surface area (Å²) in [5.74, 6) is 1.17. The van der Waals surface area contributed by atoms with Gasteiger partial charge in [-0.3, -0.25) is 4.57 Å². The van der Waals surface area contributed by atoms with Crippen molar-refractivity contribution in [2.45, 2.75) is 13.3 Å².